The summed E-state index contributed by atoms with van der Waals surface area (Å²) in [6, 6.07) is 8.16. The van der Waals surface area contributed by atoms with Crippen LogP contribution in [0.3, 0.4) is 0 Å². The molecule has 1 aliphatic heterocycles. The van der Waals surface area contributed by atoms with Crippen molar-refractivity contribution >= 4 is 21.8 Å². The van der Waals surface area contributed by atoms with Crippen LogP contribution in [0.5, 0.6) is 5.75 Å². The highest BCUT2D eigenvalue weighted by molar-refractivity contribution is 9.10. The smallest absolute Gasteiger partial charge is 0.222 e. The van der Waals surface area contributed by atoms with Crippen LogP contribution in [0.15, 0.2) is 28.7 Å². The molecule has 1 amide bonds. The topological polar surface area (TPSA) is 41.6 Å². The molecule has 1 aromatic carbocycles. The first-order valence-electron chi connectivity index (χ1n) is 7.52. The second-order valence-corrected chi connectivity index (χ2v) is 6.22. The number of ether oxygens (including phenoxy) is 1. The third kappa shape index (κ3) is 5.00. The van der Waals surface area contributed by atoms with E-state index in [1.165, 1.54) is 0 Å². The van der Waals surface area contributed by atoms with E-state index in [1.54, 1.807) is 0 Å². The first-order valence-corrected chi connectivity index (χ1v) is 8.31. The molecule has 0 atom stereocenters. The van der Waals surface area contributed by atoms with Crippen molar-refractivity contribution in [2.45, 2.75) is 31.7 Å². The Bertz CT molecular complexity index is 461. The zero-order valence-corrected chi connectivity index (χ0v) is 14.1. The Morgan fingerprint density at radius 2 is 2.10 bits per heavy atom. The number of hydrogen-bond donors (Lipinski definition) is 1. The second-order valence-electron chi connectivity index (χ2n) is 5.37. The van der Waals surface area contributed by atoms with E-state index in [0.717, 1.165) is 42.6 Å². The molecule has 5 heteroatoms. The maximum atomic E-state index is 12.2. The highest BCUT2D eigenvalue weighted by atomic mass is 79.9. The molecule has 0 aliphatic carbocycles. The van der Waals surface area contributed by atoms with Crippen LogP contribution in [-0.4, -0.2) is 43.6 Å². The Hall–Kier alpha value is -1.07. The summed E-state index contributed by atoms with van der Waals surface area (Å²) in [5.41, 5.74) is 0. The number of hydrogen-bond acceptors (Lipinski definition) is 3. The summed E-state index contributed by atoms with van der Waals surface area (Å²) >= 11 is 3.45. The van der Waals surface area contributed by atoms with E-state index >= 15 is 0 Å². The number of benzene rings is 1. The van der Waals surface area contributed by atoms with Crippen LogP contribution in [0, 0.1) is 0 Å². The summed E-state index contributed by atoms with van der Waals surface area (Å²) in [6.45, 7) is 2.58. The van der Waals surface area contributed by atoms with Gasteiger partial charge in [0.1, 0.15) is 5.75 Å². The molecule has 0 saturated carbocycles. The van der Waals surface area contributed by atoms with Gasteiger partial charge >= 0.3 is 0 Å². The van der Waals surface area contributed by atoms with E-state index in [0.29, 0.717) is 19.1 Å². The summed E-state index contributed by atoms with van der Waals surface area (Å²) in [4.78, 5) is 14.1. The quantitative estimate of drug-likeness (QED) is 0.798. The van der Waals surface area contributed by atoms with Crippen molar-refractivity contribution in [3.05, 3.63) is 28.7 Å². The van der Waals surface area contributed by atoms with Crippen molar-refractivity contribution < 1.29 is 9.53 Å². The summed E-state index contributed by atoms with van der Waals surface area (Å²) in [7, 11) is 1.92. The monoisotopic (exact) mass is 354 g/mol. The largest absolute Gasteiger partial charge is 0.492 e. The highest BCUT2D eigenvalue weighted by Gasteiger charge is 2.21. The average Bonchev–Trinajstić information content (AvgIpc) is 2.53. The minimum atomic E-state index is 0.220. The summed E-state index contributed by atoms with van der Waals surface area (Å²) < 4.78 is 6.63. The molecule has 0 bridgehead atoms. The van der Waals surface area contributed by atoms with Crippen LogP contribution in [0.1, 0.15) is 25.7 Å². The van der Waals surface area contributed by atoms with Crippen LogP contribution >= 0.6 is 15.9 Å². The molecule has 1 heterocycles. The maximum absolute atomic E-state index is 12.2. The molecule has 1 N–H and O–H groups in total. The van der Waals surface area contributed by atoms with Gasteiger partial charge in [-0.3, -0.25) is 4.79 Å². The number of halogens is 1. The van der Waals surface area contributed by atoms with Crippen molar-refractivity contribution in [2.75, 3.05) is 26.7 Å². The minimum Gasteiger partial charge on any atom is -0.492 e. The zero-order valence-electron chi connectivity index (χ0n) is 12.5. The van der Waals surface area contributed by atoms with Crippen molar-refractivity contribution in [1.82, 2.24) is 10.2 Å². The van der Waals surface area contributed by atoms with Gasteiger partial charge in [0, 0.05) is 19.5 Å². The van der Waals surface area contributed by atoms with E-state index in [1.807, 2.05) is 36.2 Å². The third-order valence-corrected chi connectivity index (χ3v) is 4.53. The van der Waals surface area contributed by atoms with E-state index in [4.69, 9.17) is 4.74 Å². The number of nitrogens with zero attached hydrogens (tertiary/aromatic N) is 1. The van der Waals surface area contributed by atoms with Gasteiger partial charge in [0.15, 0.2) is 0 Å². The second kappa shape index (κ2) is 8.39. The van der Waals surface area contributed by atoms with Gasteiger partial charge in [0.25, 0.3) is 0 Å². The summed E-state index contributed by atoms with van der Waals surface area (Å²) in [5.74, 6) is 1.05. The lowest BCUT2D eigenvalue weighted by Gasteiger charge is -2.31. The third-order valence-electron chi connectivity index (χ3n) is 3.88. The number of piperidine rings is 1. The lowest BCUT2D eigenvalue weighted by molar-refractivity contribution is -0.132. The average molecular weight is 355 g/mol. The zero-order chi connectivity index (χ0) is 15.1. The van der Waals surface area contributed by atoms with Gasteiger partial charge in [-0.1, -0.05) is 12.1 Å². The van der Waals surface area contributed by atoms with Crippen LogP contribution in [0.25, 0.3) is 0 Å². The molecule has 0 radical (unpaired) electrons. The van der Waals surface area contributed by atoms with Gasteiger partial charge in [-0.05, 0) is 60.4 Å². The van der Waals surface area contributed by atoms with E-state index in [9.17, 15) is 4.79 Å². The Balaban J connectivity index is 1.68. The van der Waals surface area contributed by atoms with Gasteiger partial charge in [0.2, 0.25) is 5.91 Å². The number of carbonyl (C=O) groups is 1. The van der Waals surface area contributed by atoms with Crippen molar-refractivity contribution in [3.63, 3.8) is 0 Å². The Morgan fingerprint density at radius 3 is 2.81 bits per heavy atom. The number of carbonyl (C=O) groups excluding carboxylic acids is 1. The first-order chi connectivity index (χ1) is 10.2. The number of amides is 1. The number of rotatable bonds is 6. The van der Waals surface area contributed by atoms with E-state index in [-0.39, 0.29) is 5.91 Å². The number of nitrogens with one attached hydrogen (secondary N) is 1. The van der Waals surface area contributed by atoms with Crippen LogP contribution in [0.4, 0.5) is 0 Å². The molecule has 0 unspecified atom stereocenters. The molecule has 1 aromatic rings. The lowest BCUT2D eigenvalue weighted by atomic mass is 10.0. The summed E-state index contributed by atoms with van der Waals surface area (Å²) in [5, 5.41) is 3.32. The van der Waals surface area contributed by atoms with Gasteiger partial charge in [-0.2, -0.15) is 0 Å². The van der Waals surface area contributed by atoms with Gasteiger partial charge in [-0.15, -0.1) is 0 Å². The Kier molecular flexibility index (Phi) is 6.51. The van der Waals surface area contributed by atoms with Gasteiger partial charge in [-0.25, -0.2) is 0 Å². The van der Waals surface area contributed by atoms with Crippen molar-refractivity contribution in [2.24, 2.45) is 0 Å². The SMILES string of the molecule is CN(C(=O)CCCOc1ccccc1Br)C1CCNCC1. The molecule has 2 rings (SSSR count). The van der Waals surface area contributed by atoms with Crippen LogP contribution < -0.4 is 10.1 Å². The first kappa shape index (κ1) is 16.3. The van der Waals surface area contributed by atoms with Gasteiger partial charge in [0.05, 0.1) is 11.1 Å². The molecule has 116 valence electrons. The lowest BCUT2D eigenvalue weighted by Crippen LogP contribution is -2.43. The molecule has 1 fully saturated rings. The highest BCUT2D eigenvalue weighted by Crippen LogP contribution is 2.23. The fraction of sp³-hybridized carbons (Fsp3) is 0.562. The van der Waals surface area contributed by atoms with Crippen LogP contribution in [-0.2, 0) is 4.79 Å². The molecule has 0 aromatic heterocycles. The molecule has 0 spiro atoms. The maximum Gasteiger partial charge on any atom is 0.222 e. The van der Waals surface area contributed by atoms with Crippen molar-refractivity contribution in [3.8, 4) is 5.75 Å². The normalized spacial score (nSPS) is 15.7. The molecular formula is C16H23BrN2O2. The fourth-order valence-electron chi connectivity index (χ4n) is 2.54. The molecule has 21 heavy (non-hydrogen) atoms. The molecule has 4 nitrogen and oxygen atoms in total. The predicted molar refractivity (Wildman–Crippen MR) is 87.5 cm³/mol. The molecule has 1 aliphatic rings. The van der Waals surface area contributed by atoms with Gasteiger partial charge < -0.3 is 15.0 Å². The van der Waals surface area contributed by atoms with E-state index in [2.05, 4.69) is 21.2 Å². The Morgan fingerprint density at radius 1 is 1.38 bits per heavy atom. The van der Waals surface area contributed by atoms with E-state index < -0.39 is 0 Å². The van der Waals surface area contributed by atoms with Crippen LogP contribution in [0.2, 0.25) is 0 Å². The standard InChI is InChI=1S/C16H23BrN2O2/c1-19(13-8-10-18-11-9-13)16(20)7-4-12-21-15-6-3-2-5-14(15)17/h2-3,5-6,13,18H,4,7-12H2,1H3. The number of para-hydroxylation sites is 1. The van der Waals surface area contributed by atoms with Crippen molar-refractivity contribution in [1.29, 1.82) is 0 Å². The fourth-order valence-corrected chi connectivity index (χ4v) is 2.94. The molecule has 1 saturated heterocycles. The Labute approximate surface area is 135 Å². The predicted octanol–water partition coefficient (Wildman–Crippen LogP) is 2.82. The minimum absolute atomic E-state index is 0.220. The summed E-state index contributed by atoms with van der Waals surface area (Å²) in [6.07, 6.45) is 3.39. The molecular weight excluding hydrogens is 332 g/mol.